The van der Waals surface area contributed by atoms with Gasteiger partial charge in [0.15, 0.2) is 0 Å². The molecule has 1 aliphatic rings. The summed E-state index contributed by atoms with van der Waals surface area (Å²) >= 11 is 0. The van der Waals surface area contributed by atoms with Crippen LogP contribution in [0.1, 0.15) is 11.1 Å². The predicted molar refractivity (Wildman–Crippen MR) is 76.0 cm³/mol. The van der Waals surface area contributed by atoms with Crippen molar-refractivity contribution in [3.05, 3.63) is 57.8 Å². The van der Waals surface area contributed by atoms with E-state index in [9.17, 15) is 10.1 Å². The summed E-state index contributed by atoms with van der Waals surface area (Å²) in [5.74, 6) is 0.613. The maximum atomic E-state index is 10.6. The molecule has 2 heterocycles. The van der Waals surface area contributed by atoms with E-state index in [0.29, 0.717) is 5.82 Å². The van der Waals surface area contributed by atoms with Crippen molar-refractivity contribution in [1.82, 2.24) is 10.3 Å². The van der Waals surface area contributed by atoms with Crippen LogP contribution in [0.5, 0.6) is 0 Å². The lowest BCUT2D eigenvalue weighted by atomic mass is 9.99. The Morgan fingerprint density at radius 1 is 1.30 bits per heavy atom. The molecule has 1 aromatic carbocycles. The molecule has 0 unspecified atom stereocenters. The van der Waals surface area contributed by atoms with Gasteiger partial charge in [-0.2, -0.15) is 0 Å². The highest BCUT2D eigenvalue weighted by Crippen LogP contribution is 2.26. The van der Waals surface area contributed by atoms with Gasteiger partial charge in [-0.05, 0) is 36.2 Å². The zero-order chi connectivity index (χ0) is 13.9. The SMILES string of the molecule is O=[N+]([O-])c1ccc(Nc2cccc3c2CCNC3)nc1. The summed E-state index contributed by atoms with van der Waals surface area (Å²) in [6.45, 7) is 1.83. The molecule has 2 N–H and O–H groups in total. The fraction of sp³-hybridized carbons (Fsp3) is 0.214. The number of hydrogen-bond donors (Lipinski definition) is 2. The number of fused-ring (bicyclic) bond motifs is 1. The van der Waals surface area contributed by atoms with Crippen molar-refractivity contribution >= 4 is 17.2 Å². The van der Waals surface area contributed by atoms with Crippen LogP contribution in [-0.2, 0) is 13.0 Å². The van der Waals surface area contributed by atoms with Gasteiger partial charge in [0, 0.05) is 18.3 Å². The van der Waals surface area contributed by atoms with E-state index >= 15 is 0 Å². The molecule has 0 fully saturated rings. The number of nitrogens with one attached hydrogen (secondary N) is 2. The van der Waals surface area contributed by atoms with Crippen LogP contribution in [0.15, 0.2) is 36.5 Å². The topological polar surface area (TPSA) is 80.1 Å². The van der Waals surface area contributed by atoms with Gasteiger partial charge in [0.25, 0.3) is 5.69 Å². The van der Waals surface area contributed by atoms with E-state index in [-0.39, 0.29) is 5.69 Å². The van der Waals surface area contributed by atoms with E-state index in [1.54, 1.807) is 6.07 Å². The molecule has 6 nitrogen and oxygen atoms in total. The second-order valence-corrected chi connectivity index (χ2v) is 4.65. The molecule has 0 saturated carbocycles. The Morgan fingerprint density at radius 3 is 2.95 bits per heavy atom. The predicted octanol–water partition coefficient (Wildman–Crippen LogP) is 2.38. The van der Waals surface area contributed by atoms with Crippen LogP contribution in [0, 0.1) is 10.1 Å². The van der Waals surface area contributed by atoms with Gasteiger partial charge in [0.05, 0.1) is 4.92 Å². The first-order valence-electron chi connectivity index (χ1n) is 6.43. The third kappa shape index (κ3) is 2.46. The Bertz CT molecular complexity index is 640. The zero-order valence-corrected chi connectivity index (χ0v) is 10.8. The van der Waals surface area contributed by atoms with E-state index in [2.05, 4.69) is 21.7 Å². The molecule has 2 aromatic rings. The lowest BCUT2D eigenvalue weighted by Crippen LogP contribution is -2.24. The molecule has 0 bridgehead atoms. The normalized spacial score (nSPS) is 13.6. The summed E-state index contributed by atoms with van der Waals surface area (Å²) in [7, 11) is 0. The summed E-state index contributed by atoms with van der Waals surface area (Å²) < 4.78 is 0. The molecule has 0 radical (unpaired) electrons. The first-order chi connectivity index (χ1) is 9.74. The van der Waals surface area contributed by atoms with Gasteiger partial charge >= 0.3 is 0 Å². The second-order valence-electron chi connectivity index (χ2n) is 4.65. The quantitative estimate of drug-likeness (QED) is 0.661. The van der Waals surface area contributed by atoms with Crippen molar-refractivity contribution in [2.75, 3.05) is 11.9 Å². The van der Waals surface area contributed by atoms with Crippen molar-refractivity contribution in [3.63, 3.8) is 0 Å². The van der Waals surface area contributed by atoms with Crippen LogP contribution < -0.4 is 10.6 Å². The van der Waals surface area contributed by atoms with Crippen molar-refractivity contribution in [3.8, 4) is 0 Å². The molecular weight excluding hydrogens is 256 g/mol. The van der Waals surface area contributed by atoms with Crippen LogP contribution in [0.25, 0.3) is 0 Å². The summed E-state index contributed by atoms with van der Waals surface area (Å²) in [6.07, 6.45) is 2.23. The standard InChI is InChI=1S/C14H14N4O2/c19-18(20)11-4-5-14(16-9-11)17-13-3-1-2-10-8-15-7-6-12(10)13/h1-5,9,15H,6-8H2,(H,16,17). The molecule has 0 atom stereocenters. The number of rotatable bonds is 3. The molecule has 1 aromatic heterocycles. The van der Waals surface area contributed by atoms with Crippen LogP contribution in [0.2, 0.25) is 0 Å². The number of benzene rings is 1. The molecule has 0 aliphatic carbocycles. The smallest absolute Gasteiger partial charge is 0.287 e. The van der Waals surface area contributed by atoms with Crippen LogP contribution in [-0.4, -0.2) is 16.5 Å². The molecule has 0 saturated heterocycles. The van der Waals surface area contributed by atoms with Crippen molar-refractivity contribution in [1.29, 1.82) is 0 Å². The zero-order valence-electron chi connectivity index (χ0n) is 10.8. The van der Waals surface area contributed by atoms with E-state index in [4.69, 9.17) is 0 Å². The maximum absolute atomic E-state index is 10.6. The Labute approximate surface area is 116 Å². The van der Waals surface area contributed by atoms with Crippen molar-refractivity contribution in [2.45, 2.75) is 13.0 Å². The Hall–Kier alpha value is -2.47. The van der Waals surface area contributed by atoms with E-state index in [0.717, 1.165) is 25.2 Å². The average Bonchev–Trinajstić information content (AvgIpc) is 2.48. The fourth-order valence-corrected chi connectivity index (χ4v) is 2.36. The summed E-state index contributed by atoms with van der Waals surface area (Å²) in [5, 5.41) is 17.2. The van der Waals surface area contributed by atoms with Gasteiger partial charge in [-0.3, -0.25) is 10.1 Å². The number of anilines is 2. The minimum atomic E-state index is -0.452. The first-order valence-corrected chi connectivity index (χ1v) is 6.43. The summed E-state index contributed by atoms with van der Waals surface area (Å²) in [4.78, 5) is 14.2. The number of hydrogen-bond acceptors (Lipinski definition) is 5. The lowest BCUT2D eigenvalue weighted by Gasteiger charge is -2.20. The third-order valence-corrected chi connectivity index (χ3v) is 3.36. The minimum Gasteiger partial charge on any atom is -0.340 e. The highest BCUT2D eigenvalue weighted by atomic mass is 16.6. The van der Waals surface area contributed by atoms with Crippen LogP contribution in [0.4, 0.5) is 17.2 Å². The Balaban J connectivity index is 1.86. The van der Waals surface area contributed by atoms with Gasteiger partial charge in [-0.25, -0.2) is 4.98 Å². The second kappa shape index (κ2) is 5.26. The first kappa shape index (κ1) is 12.6. The van der Waals surface area contributed by atoms with Gasteiger partial charge in [0.2, 0.25) is 0 Å². The van der Waals surface area contributed by atoms with Crippen LogP contribution in [0.3, 0.4) is 0 Å². The average molecular weight is 270 g/mol. The van der Waals surface area contributed by atoms with Crippen LogP contribution >= 0.6 is 0 Å². The van der Waals surface area contributed by atoms with Gasteiger partial charge in [-0.1, -0.05) is 12.1 Å². The maximum Gasteiger partial charge on any atom is 0.287 e. The number of pyridine rings is 1. The molecule has 0 spiro atoms. The summed E-state index contributed by atoms with van der Waals surface area (Å²) in [5.41, 5.74) is 3.58. The molecule has 20 heavy (non-hydrogen) atoms. The van der Waals surface area contributed by atoms with E-state index in [1.807, 2.05) is 12.1 Å². The monoisotopic (exact) mass is 270 g/mol. The number of nitro groups is 1. The Kier molecular flexibility index (Phi) is 3.30. The number of nitrogens with zero attached hydrogens (tertiary/aromatic N) is 2. The van der Waals surface area contributed by atoms with Crippen molar-refractivity contribution in [2.24, 2.45) is 0 Å². The summed E-state index contributed by atoms with van der Waals surface area (Å²) in [6, 6.07) is 9.19. The molecular formula is C14H14N4O2. The largest absolute Gasteiger partial charge is 0.340 e. The van der Waals surface area contributed by atoms with Gasteiger partial charge in [-0.15, -0.1) is 0 Å². The fourth-order valence-electron chi connectivity index (χ4n) is 2.36. The number of aromatic nitrogens is 1. The van der Waals surface area contributed by atoms with Gasteiger partial charge < -0.3 is 10.6 Å². The molecule has 0 amide bonds. The minimum absolute atomic E-state index is 0.00478. The highest BCUT2D eigenvalue weighted by Gasteiger charge is 2.13. The Morgan fingerprint density at radius 2 is 2.20 bits per heavy atom. The van der Waals surface area contributed by atoms with E-state index in [1.165, 1.54) is 23.4 Å². The van der Waals surface area contributed by atoms with E-state index < -0.39 is 4.92 Å². The van der Waals surface area contributed by atoms with Gasteiger partial charge in [0.1, 0.15) is 12.0 Å². The lowest BCUT2D eigenvalue weighted by molar-refractivity contribution is -0.385. The molecule has 6 heteroatoms. The molecule has 1 aliphatic heterocycles. The van der Waals surface area contributed by atoms with Crippen molar-refractivity contribution < 1.29 is 4.92 Å². The third-order valence-electron chi connectivity index (χ3n) is 3.36. The molecule has 102 valence electrons. The molecule has 3 rings (SSSR count). The highest BCUT2D eigenvalue weighted by molar-refractivity contribution is 5.63.